The molecule has 2 heterocycles. The van der Waals surface area contributed by atoms with Crippen LogP contribution in [0.2, 0.25) is 5.02 Å². The molecule has 46 heavy (non-hydrogen) atoms. The number of ether oxygens (including phenoxy) is 1. The van der Waals surface area contributed by atoms with Gasteiger partial charge in [-0.25, -0.2) is 13.1 Å². The van der Waals surface area contributed by atoms with Gasteiger partial charge in [-0.1, -0.05) is 31.0 Å². The minimum Gasteiger partial charge on any atom is -0.490 e. The Bertz CT molecular complexity index is 1550. The number of hydrogen-bond acceptors (Lipinski definition) is 7. The number of nitrogens with zero attached hydrogens (tertiary/aromatic N) is 1. The van der Waals surface area contributed by atoms with Crippen molar-refractivity contribution in [2.24, 2.45) is 17.8 Å². The number of carbonyl (C=O) groups is 1. The second kappa shape index (κ2) is 13.3. The van der Waals surface area contributed by atoms with Gasteiger partial charge >= 0.3 is 0 Å². The Morgan fingerprint density at radius 3 is 2.65 bits per heavy atom. The Morgan fingerprint density at radius 2 is 1.89 bits per heavy atom. The first-order chi connectivity index (χ1) is 21.9. The molecular formula is C36H49ClN2O6S. The fraction of sp³-hybridized carbons (Fsp3) is 0.639. The molecule has 6 atom stereocenters. The molecule has 1 amide bonds. The fourth-order valence-corrected chi connectivity index (χ4v) is 10.1. The molecule has 1 fully saturated rings. The summed E-state index contributed by atoms with van der Waals surface area (Å²) in [7, 11) is -3.94. The standard InChI is InChI=1S/C36H49ClN2O6S/c1-24-7-5-17-36(42,16-3-4-18-40)31-12-9-28(31)21-39-22-35(15-6-8-26-19-29(37)11-13-30(26)35)23-45-33-14-10-27(20-32(33)39)34(41)38-46(43,44)25(24)2/h10-11,13-14,19-20,24-25,28,31,40,42H,3-9,12,15-18,21-23H2,1-2H3,(H,38,41)/t24-,25+,28-,31+,35-,36-/m0/s1. The number of hydrogen-bond donors (Lipinski definition) is 3. The molecule has 4 aliphatic rings. The number of amides is 1. The van der Waals surface area contributed by atoms with E-state index in [4.69, 9.17) is 16.3 Å². The summed E-state index contributed by atoms with van der Waals surface area (Å²) in [5, 5.41) is 21.8. The zero-order chi connectivity index (χ0) is 32.7. The molecule has 0 unspecified atom stereocenters. The Labute approximate surface area is 278 Å². The number of fused-ring (bicyclic) bond motifs is 4. The van der Waals surface area contributed by atoms with Gasteiger partial charge in [-0.15, -0.1) is 0 Å². The Hall–Kier alpha value is -2.33. The van der Waals surface area contributed by atoms with Gasteiger partial charge in [0.1, 0.15) is 5.75 Å². The third kappa shape index (κ3) is 6.54. The van der Waals surface area contributed by atoms with E-state index in [0.717, 1.165) is 49.2 Å². The number of unbranched alkanes of at least 4 members (excludes halogenated alkanes) is 1. The fourth-order valence-electron chi connectivity index (χ4n) is 8.62. The van der Waals surface area contributed by atoms with Crippen LogP contribution in [0.25, 0.3) is 0 Å². The molecule has 0 radical (unpaired) electrons. The maximum atomic E-state index is 13.5. The van der Waals surface area contributed by atoms with Crippen molar-refractivity contribution in [3.05, 3.63) is 58.1 Å². The smallest absolute Gasteiger partial charge is 0.264 e. The van der Waals surface area contributed by atoms with E-state index in [9.17, 15) is 23.4 Å². The molecule has 2 bridgehead atoms. The topological polar surface area (TPSA) is 116 Å². The van der Waals surface area contributed by atoms with E-state index >= 15 is 0 Å². The lowest BCUT2D eigenvalue weighted by molar-refractivity contribution is -0.0954. The van der Waals surface area contributed by atoms with Gasteiger partial charge in [-0.3, -0.25) is 4.79 Å². The highest BCUT2D eigenvalue weighted by Crippen LogP contribution is 2.50. The van der Waals surface area contributed by atoms with Crippen molar-refractivity contribution >= 4 is 33.2 Å². The first kappa shape index (κ1) is 33.6. The number of halogens is 1. The molecule has 0 saturated heterocycles. The summed E-state index contributed by atoms with van der Waals surface area (Å²) in [6.45, 7) is 5.52. The van der Waals surface area contributed by atoms with Crippen molar-refractivity contribution < 1.29 is 28.2 Å². The van der Waals surface area contributed by atoms with Gasteiger partial charge in [0, 0.05) is 35.7 Å². The van der Waals surface area contributed by atoms with Gasteiger partial charge in [-0.05, 0) is 130 Å². The number of aliphatic hydroxyl groups excluding tert-OH is 1. The number of nitrogens with one attached hydrogen (secondary N) is 1. The van der Waals surface area contributed by atoms with Crippen molar-refractivity contribution in [3.63, 3.8) is 0 Å². The Morgan fingerprint density at radius 1 is 1.07 bits per heavy atom. The number of sulfonamides is 1. The lowest BCUT2D eigenvalue weighted by atomic mass is 9.61. The van der Waals surface area contributed by atoms with Crippen LogP contribution in [0.1, 0.15) is 99.5 Å². The minimum atomic E-state index is -3.94. The molecule has 0 aromatic heterocycles. The van der Waals surface area contributed by atoms with E-state index in [2.05, 4.69) is 21.8 Å². The predicted octanol–water partition coefficient (Wildman–Crippen LogP) is 6.00. The highest BCUT2D eigenvalue weighted by atomic mass is 35.5. The molecule has 6 rings (SSSR count). The summed E-state index contributed by atoms with van der Waals surface area (Å²) in [5.41, 5.74) is 2.39. The monoisotopic (exact) mass is 672 g/mol. The van der Waals surface area contributed by atoms with Gasteiger partial charge in [0.05, 0.1) is 23.1 Å². The number of aryl methyl sites for hydroxylation is 1. The molecule has 252 valence electrons. The maximum absolute atomic E-state index is 13.5. The van der Waals surface area contributed by atoms with Crippen molar-refractivity contribution in [2.45, 2.75) is 101 Å². The molecular weight excluding hydrogens is 624 g/mol. The van der Waals surface area contributed by atoms with Crippen molar-refractivity contribution in [3.8, 4) is 5.75 Å². The van der Waals surface area contributed by atoms with Gasteiger partial charge in [0.15, 0.2) is 0 Å². The average molecular weight is 673 g/mol. The summed E-state index contributed by atoms with van der Waals surface area (Å²) < 4.78 is 35.7. The summed E-state index contributed by atoms with van der Waals surface area (Å²) in [6, 6.07) is 11.4. The first-order valence-corrected chi connectivity index (χ1v) is 19.1. The molecule has 2 aromatic rings. The second-order valence-corrected chi connectivity index (χ2v) is 17.0. The largest absolute Gasteiger partial charge is 0.490 e. The van der Waals surface area contributed by atoms with Gasteiger partial charge in [0.25, 0.3) is 5.91 Å². The van der Waals surface area contributed by atoms with Crippen LogP contribution < -0.4 is 14.4 Å². The maximum Gasteiger partial charge on any atom is 0.264 e. The minimum absolute atomic E-state index is 0.100. The van der Waals surface area contributed by atoms with Crippen LogP contribution in [0, 0.1) is 17.8 Å². The predicted molar refractivity (Wildman–Crippen MR) is 181 cm³/mol. The lowest BCUT2D eigenvalue weighted by Crippen LogP contribution is -2.53. The number of carbonyl (C=O) groups excluding carboxylic acids is 1. The number of anilines is 1. The molecule has 3 N–H and O–H groups in total. The highest BCUT2D eigenvalue weighted by Gasteiger charge is 2.48. The van der Waals surface area contributed by atoms with Crippen LogP contribution in [0.3, 0.4) is 0 Å². The highest BCUT2D eigenvalue weighted by molar-refractivity contribution is 7.90. The summed E-state index contributed by atoms with van der Waals surface area (Å²) in [6.07, 6.45) is 8.79. The quantitative estimate of drug-likeness (QED) is 0.341. The van der Waals surface area contributed by atoms with Gasteiger partial charge < -0.3 is 19.8 Å². The van der Waals surface area contributed by atoms with Crippen LogP contribution in [0.15, 0.2) is 36.4 Å². The first-order valence-electron chi connectivity index (χ1n) is 17.1. The SMILES string of the molecule is C[C@@H]1[C@@H](C)CCC[C@@](O)(CCCCO)[C@@H]2CC[C@H]2CN2C[C@@]3(CCCc4cc(Cl)ccc43)COc3ccc(cc32)C(=O)NS1(=O)=O. The zero-order valence-electron chi connectivity index (χ0n) is 27.1. The number of aliphatic hydroxyl groups is 2. The van der Waals surface area contributed by atoms with E-state index in [-0.39, 0.29) is 35.3 Å². The van der Waals surface area contributed by atoms with Crippen molar-refractivity contribution in [2.75, 3.05) is 31.2 Å². The van der Waals surface area contributed by atoms with Crippen LogP contribution in [0.5, 0.6) is 5.75 Å². The Balaban J connectivity index is 1.42. The normalized spacial score (nSPS) is 32.7. The van der Waals surface area contributed by atoms with Crippen LogP contribution in [-0.4, -0.2) is 61.7 Å². The molecule has 2 aromatic carbocycles. The van der Waals surface area contributed by atoms with Crippen molar-refractivity contribution in [1.82, 2.24) is 4.72 Å². The third-order valence-electron chi connectivity index (χ3n) is 11.7. The number of benzene rings is 2. The second-order valence-electron chi connectivity index (χ2n) is 14.6. The Kier molecular flexibility index (Phi) is 9.70. The number of rotatable bonds is 4. The van der Waals surface area contributed by atoms with E-state index < -0.39 is 26.8 Å². The van der Waals surface area contributed by atoms with E-state index in [1.165, 1.54) is 11.1 Å². The van der Waals surface area contributed by atoms with Crippen LogP contribution in [0.4, 0.5) is 5.69 Å². The van der Waals surface area contributed by atoms with Crippen molar-refractivity contribution in [1.29, 1.82) is 0 Å². The van der Waals surface area contributed by atoms with Crippen LogP contribution >= 0.6 is 11.6 Å². The summed E-state index contributed by atoms with van der Waals surface area (Å²) in [4.78, 5) is 15.8. The molecule has 2 aliphatic heterocycles. The molecule has 1 spiro atoms. The molecule has 1 saturated carbocycles. The third-order valence-corrected chi connectivity index (χ3v) is 13.8. The average Bonchev–Trinajstić information content (AvgIpc) is 3.15. The van der Waals surface area contributed by atoms with Crippen LogP contribution in [-0.2, 0) is 21.9 Å². The van der Waals surface area contributed by atoms with E-state index in [1.54, 1.807) is 25.1 Å². The lowest BCUT2D eigenvalue weighted by Gasteiger charge is -2.50. The molecule has 10 heteroatoms. The van der Waals surface area contributed by atoms with E-state index in [0.29, 0.717) is 57.6 Å². The van der Waals surface area contributed by atoms with Gasteiger partial charge in [-0.2, -0.15) is 0 Å². The molecule has 8 nitrogen and oxygen atoms in total. The summed E-state index contributed by atoms with van der Waals surface area (Å²) in [5.74, 6) is 0.192. The van der Waals surface area contributed by atoms with Gasteiger partial charge in [0.2, 0.25) is 10.0 Å². The summed E-state index contributed by atoms with van der Waals surface area (Å²) >= 11 is 6.43. The zero-order valence-corrected chi connectivity index (χ0v) is 28.7. The van der Waals surface area contributed by atoms with E-state index in [1.807, 2.05) is 13.0 Å². The molecule has 2 aliphatic carbocycles.